The molecular weight excluding hydrogens is 666 g/mol. The van der Waals surface area contributed by atoms with Gasteiger partial charge in [0, 0.05) is 43.6 Å². The number of aromatic nitrogens is 3. The van der Waals surface area contributed by atoms with Crippen LogP contribution in [0.5, 0.6) is 5.75 Å². The molecular formula is C35H44N13O4+. The molecule has 2 aromatic heterocycles. The fraction of sp³-hybridized carbons (Fsp3) is 0.457. The zero-order chi connectivity index (χ0) is 36.3. The molecule has 3 aliphatic rings. The lowest BCUT2D eigenvalue weighted by atomic mass is 9.94. The highest BCUT2D eigenvalue weighted by atomic mass is 16.5. The average molecular weight is 711 g/mol. The SMILES string of the molecule is CN=C(OCc1ncco1)/C(=C\N=C1CCC([NH2+]N2[C@@H]3CC[C@H]2COC3)CC1)Nc1ncc(-c2ccc(C#N)c(O[C@@H](C)CN(C=N)N=N)c2)cn1. The Kier molecular flexibility index (Phi) is 12.2. The van der Waals surface area contributed by atoms with E-state index in [0.29, 0.717) is 58.4 Å². The highest BCUT2D eigenvalue weighted by molar-refractivity contribution is 5.96. The lowest BCUT2D eigenvalue weighted by Gasteiger charge is -2.35. The first-order valence-corrected chi connectivity index (χ1v) is 17.3. The van der Waals surface area contributed by atoms with Crippen LogP contribution >= 0.6 is 0 Å². The normalized spacial score (nSPS) is 21.2. The Bertz CT molecular complexity index is 1770. The van der Waals surface area contributed by atoms with Crippen LogP contribution in [-0.4, -0.2) is 94.0 Å². The Labute approximate surface area is 301 Å². The second kappa shape index (κ2) is 17.6. The van der Waals surface area contributed by atoms with Gasteiger partial charge in [-0.3, -0.25) is 20.8 Å². The van der Waals surface area contributed by atoms with Gasteiger partial charge in [-0.2, -0.15) is 10.8 Å². The van der Waals surface area contributed by atoms with E-state index in [2.05, 4.69) is 47.0 Å². The smallest absolute Gasteiger partial charge is 0.235 e. The van der Waals surface area contributed by atoms with Crippen molar-refractivity contribution < 1.29 is 24.1 Å². The van der Waals surface area contributed by atoms with Gasteiger partial charge in [0.1, 0.15) is 42.3 Å². The van der Waals surface area contributed by atoms with E-state index in [1.807, 2.05) is 0 Å². The summed E-state index contributed by atoms with van der Waals surface area (Å²) in [4.78, 5) is 22.5. The molecule has 17 heteroatoms. The molecule has 3 aromatic rings. The number of oxazole rings is 1. The number of nitrogens with two attached hydrogens (primary N) is 1. The molecule has 0 unspecified atom stereocenters. The van der Waals surface area contributed by atoms with E-state index in [1.54, 1.807) is 57.0 Å². The fourth-order valence-corrected chi connectivity index (χ4v) is 6.61. The molecule has 17 nitrogen and oxygen atoms in total. The second-order valence-corrected chi connectivity index (χ2v) is 12.9. The van der Waals surface area contributed by atoms with Crippen molar-refractivity contribution in [1.82, 2.24) is 25.0 Å². The molecule has 6 rings (SSSR count). The topological polar surface area (TPSA) is 223 Å². The van der Waals surface area contributed by atoms with Crippen molar-refractivity contribution in [1.29, 1.82) is 16.2 Å². The van der Waals surface area contributed by atoms with E-state index in [0.717, 1.165) is 61.5 Å². The second-order valence-electron chi connectivity index (χ2n) is 12.9. The molecule has 2 aliphatic heterocycles. The van der Waals surface area contributed by atoms with Gasteiger partial charge in [-0.05, 0) is 50.3 Å². The monoisotopic (exact) mass is 710 g/mol. The van der Waals surface area contributed by atoms with Crippen molar-refractivity contribution >= 4 is 23.9 Å². The minimum Gasteiger partial charge on any atom is -0.487 e. The van der Waals surface area contributed by atoms with Crippen molar-refractivity contribution in [3.05, 3.63) is 66.4 Å². The Hall–Kier alpha value is -5.57. The number of morpholine rings is 1. The number of nitrogens with zero attached hydrogens (tertiary/aromatic N) is 9. The van der Waals surface area contributed by atoms with Gasteiger partial charge in [0.15, 0.2) is 6.61 Å². The van der Waals surface area contributed by atoms with Gasteiger partial charge in [0.05, 0.1) is 49.8 Å². The third-order valence-electron chi connectivity index (χ3n) is 9.30. The van der Waals surface area contributed by atoms with E-state index in [-0.39, 0.29) is 13.2 Å². The van der Waals surface area contributed by atoms with Crippen molar-refractivity contribution in [2.24, 2.45) is 15.2 Å². The van der Waals surface area contributed by atoms with Crippen LogP contribution in [0.15, 0.2) is 74.6 Å². The summed E-state index contributed by atoms with van der Waals surface area (Å²) in [5, 5.41) is 27.2. The Morgan fingerprint density at radius 1 is 1.17 bits per heavy atom. The number of fused-ring (bicyclic) bond motifs is 2. The van der Waals surface area contributed by atoms with Crippen LogP contribution in [0.3, 0.4) is 0 Å². The Morgan fingerprint density at radius 2 is 1.94 bits per heavy atom. The quantitative estimate of drug-likeness (QED) is 0.0583. The number of anilines is 1. The number of rotatable bonds is 15. The highest BCUT2D eigenvalue weighted by Crippen LogP contribution is 2.28. The minimum absolute atomic E-state index is 0.0785. The predicted octanol–water partition coefficient (Wildman–Crippen LogP) is 3.85. The largest absolute Gasteiger partial charge is 0.487 e. The van der Waals surface area contributed by atoms with Gasteiger partial charge >= 0.3 is 0 Å². The molecule has 1 saturated carbocycles. The third kappa shape index (κ3) is 9.20. The molecule has 272 valence electrons. The van der Waals surface area contributed by atoms with Crippen molar-refractivity contribution in [3.8, 4) is 22.9 Å². The summed E-state index contributed by atoms with van der Waals surface area (Å²) in [6.45, 7) is 3.70. The zero-order valence-electron chi connectivity index (χ0n) is 29.3. The number of benzene rings is 1. The summed E-state index contributed by atoms with van der Waals surface area (Å²) in [5.41, 5.74) is 13.0. The minimum atomic E-state index is -0.451. The standard InChI is InChI=1S/C35H43N13O4/c1-23(18-47(22-37)46-38)52-32-13-24(3-4-25(32)14-36)26-15-42-35(43-16-26)44-31(34(39-2)51-21-33-40-11-12-50-33)17-41-27-5-7-28(8-6-27)45-48-29-9-10-30(48)20-49-19-29/h3-4,11-13,15-17,22-23,28-30,37-38,45H,5-10,18-21H2,1-2H3,(H,42,43,44)/p+1/b31-17+,37-22?,39-34?,41-27?,46-38?/t23-,28?,29-,30+/m0/s1. The summed E-state index contributed by atoms with van der Waals surface area (Å²) >= 11 is 0. The molecule has 4 heterocycles. The first-order chi connectivity index (χ1) is 25.5. The molecule has 52 heavy (non-hydrogen) atoms. The Morgan fingerprint density at radius 3 is 2.60 bits per heavy atom. The maximum atomic E-state index is 9.65. The molecule has 3 atom stereocenters. The van der Waals surface area contributed by atoms with Crippen molar-refractivity contribution in [3.63, 3.8) is 0 Å². The van der Waals surface area contributed by atoms with Crippen LogP contribution in [0.2, 0.25) is 0 Å². The summed E-state index contributed by atoms with van der Waals surface area (Å²) in [7, 11) is 1.63. The van der Waals surface area contributed by atoms with E-state index < -0.39 is 6.10 Å². The maximum absolute atomic E-state index is 9.65. The van der Waals surface area contributed by atoms with E-state index in [1.165, 1.54) is 19.1 Å². The number of nitrogens with one attached hydrogen (secondary N) is 3. The van der Waals surface area contributed by atoms with Gasteiger partial charge in [0.2, 0.25) is 17.7 Å². The average Bonchev–Trinajstić information content (AvgIpc) is 3.76. The third-order valence-corrected chi connectivity index (χ3v) is 9.30. The van der Waals surface area contributed by atoms with Gasteiger partial charge < -0.3 is 23.9 Å². The van der Waals surface area contributed by atoms with Crippen molar-refractivity contribution in [2.75, 3.05) is 32.1 Å². The number of aliphatic imine (C=N–C) groups is 2. The van der Waals surface area contributed by atoms with Gasteiger partial charge in [-0.25, -0.2) is 20.0 Å². The number of quaternary nitrogens is 1. The van der Waals surface area contributed by atoms with E-state index >= 15 is 0 Å². The van der Waals surface area contributed by atoms with E-state index in [9.17, 15) is 5.26 Å². The van der Waals surface area contributed by atoms with Crippen LogP contribution in [-0.2, 0) is 16.1 Å². The van der Waals surface area contributed by atoms with Gasteiger partial charge in [-0.15, -0.1) is 5.01 Å². The van der Waals surface area contributed by atoms with Gasteiger partial charge in [-0.1, -0.05) is 11.3 Å². The van der Waals surface area contributed by atoms with Crippen LogP contribution in [0.25, 0.3) is 11.1 Å². The molecule has 1 aromatic carbocycles. The molecule has 2 bridgehead atoms. The van der Waals surface area contributed by atoms with Crippen LogP contribution < -0.4 is 15.5 Å². The molecule has 5 N–H and O–H groups in total. The van der Waals surface area contributed by atoms with Crippen LogP contribution in [0.4, 0.5) is 5.95 Å². The molecule has 2 saturated heterocycles. The number of hydrogen-bond donors (Lipinski definition) is 4. The first-order valence-electron chi connectivity index (χ1n) is 17.3. The summed E-state index contributed by atoms with van der Waals surface area (Å²) in [5.74, 6) is 1.37. The molecule has 0 amide bonds. The van der Waals surface area contributed by atoms with Crippen LogP contribution in [0.1, 0.15) is 56.9 Å². The first kappa shape index (κ1) is 36.2. The van der Waals surface area contributed by atoms with Crippen LogP contribution in [0, 0.1) is 22.3 Å². The summed E-state index contributed by atoms with van der Waals surface area (Å²) < 4.78 is 23.1. The molecule has 3 fully saturated rings. The predicted molar refractivity (Wildman–Crippen MR) is 190 cm³/mol. The molecule has 0 radical (unpaired) electrons. The number of ether oxygens (including phenoxy) is 3. The molecule has 0 spiro atoms. The summed E-state index contributed by atoms with van der Waals surface area (Å²) in [6.07, 6.45) is 14.9. The van der Waals surface area contributed by atoms with Gasteiger partial charge in [0.25, 0.3) is 0 Å². The summed E-state index contributed by atoms with van der Waals surface area (Å²) in [6, 6.07) is 8.93. The lowest BCUT2D eigenvalue weighted by Crippen LogP contribution is -3.01. The number of hydrogen-bond acceptors (Lipinski definition) is 15. The molecule has 1 aliphatic carbocycles. The maximum Gasteiger partial charge on any atom is 0.235 e. The van der Waals surface area contributed by atoms with E-state index in [4.69, 9.17) is 34.6 Å². The lowest BCUT2D eigenvalue weighted by molar-refractivity contribution is -0.842. The zero-order valence-corrected chi connectivity index (χ0v) is 29.3. The number of nitriles is 1. The van der Waals surface area contributed by atoms with Crippen molar-refractivity contribution in [2.45, 2.75) is 76.3 Å². The fourth-order valence-electron chi connectivity index (χ4n) is 6.61. The highest BCUT2D eigenvalue weighted by Gasteiger charge is 2.41. The Balaban J connectivity index is 1.14.